The summed E-state index contributed by atoms with van der Waals surface area (Å²) in [6, 6.07) is 6.14. The third-order valence-electron chi connectivity index (χ3n) is 3.37. The van der Waals surface area contributed by atoms with Gasteiger partial charge in [0, 0.05) is 24.2 Å². The van der Waals surface area contributed by atoms with Gasteiger partial charge in [0.2, 0.25) is 0 Å². The lowest BCUT2D eigenvalue weighted by molar-refractivity contribution is -0.384. The standard InChI is InChI=1S/C13H18N4O2/c1-3-13(15,4-2)9-16-12-6-5-11(17(18)19)7-10(12)8-14/h5-7,16H,3-4,9,15H2,1-2H3. The van der Waals surface area contributed by atoms with Crippen molar-refractivity contribution in [2.24, 2.45) is 5.73 Å². The lowest BCUT2D eigenvalue weighted by Crippen LogP contribution is -2.45. The molecule has 0 fully saturated rings. The lowest BCUT2D eigenvalue weighted by Gasteiger charge is -2.27. The van der Waals surface area contributed by atoms with E-state index in [1.54, 1.807) is 6.07 Å². The Morgan fingerprint density at radius 2 is 2.11 bits per heavy atom. The summed E-state index contributed by atoms with van der Waals surface area (Å²) in [4.78, 5) is 10.1. The van der Waals surface area contributed by atoms with Crippen LogP contribution in [0.2, 0.25) is 0 Å². The van der Waals surface area contributed by atoms with E-state index in [2.05, 4.69) is 5.32 Å². The third-order valence-corrected chi connectivity index (χ3v) is 3.37. The number of benzene rings is 1. The largest absolute Gasteiger partial charge is 0.382 e. The molecule has 0 saturated heterocycles. The summed E-state index contributed by atoms with van der Waals surface area (Å²) in [6.45, 7) is 4.53. The Labute approximate surface area is 112 Å². The topological polar surface area (TPSA) is 105 Å². The maximum Gasteiger partial charge on any atom is 0.270 e. The minimum atomic E-state index is -0.518. The minimum absolute atomic E-state index is 0.0907. The number of rotatable bonds is 6. The number of anilines is 1. The molecule has 0 amide bonds. The molecule has 0 radical (unpaired) electrons. The van der Waals surface area contributed by atoms with Crippen molar-refractivity contribution in [2.75, 3.05) is 11.9 Å². The first kappa shape index (κ1) is 14.9. The smallest absolute Gasteiger partial charge is 0.270 e. The van der Waals surface area contributed by atoms with Crippen molar-refractivity contribution in [3.8, 4) is 6.07 Å². The molecule has 1 aromatic carbocycles. The van der Waals surface area contributed by atoms with Crippen molar-refractivity contribution in [2.45, 2.75) is 32.2 Å². The van der Waals surface area contributed by atoms with Gasteiger partial charge in [-0.05, 0) is 18.9 Å². The molecule has 0 saturated carbocycles. The molecule has 19 heavy (non-hydrogen) atoms. The van der Waals surface area contributed by atoms with Crippen molar-refractivity contribution >= 4 is 11.4 Å². The molecule has 102 valence electrons. The first-order valence-corrected chi connectivity index (χ1v) is 6.17. The van der Waals surface area contributed by atoms with Crippen LogP contribution in [0.3, 0.4) is 0 Å². The van der Waals surface area contributed by atoms with Gasteiger partial charge in [-0.2, -0.15) is 5.26 Å². The second-order valence-corrected chi connectivity index (χ2v) is 4.52. The summed E-state index contributed by atoms with van der Waals surface area (Å²) in [5.74, 6) is 0. The SMILES string of the molecule is CCC(N)(CC)CNc1ccc([N+](=O)[O-])cc1C#N. The highest BCUT2D eigenvalue weighted by Gasteiger charge is 2.20. The zero-order valence-corrected chi connectivity index (χ0v) is 11.1. The number of nitrogens with two attached hydrogens (primary N) is 1. The Balaban J connectivity index is 2.91. The monoisotopic (exact) mass is 262 g/mol. The number of non-ortho nitro benzene ring substituents is 1. The van der Waals surface area contributed by atoms with Crippen LogP contribution in [-0.2, 0) is 0 Å². The van der Waals surface area contributed by atoms with Crippen LogP contribution in [0.15, 0.2) is 18.2 Å². The van der Waals surface area contributed by atoms with E-state index in [-0.39, 0.29) is 16.8 Å². The molecule has 0 aliphatic carbocycles. The first-order valence-electron chi connectivity index (χ1n) is 6.17. The van der Waals surface area contributed by atoms with Gasteiger partial charge in [-0.15, -0.1) is 0 Å². The summed E-state index contributed by atoms with van der Waals surface area (Å²) < 4.78 is 0. The van der Waals surface area contributed by atoms with E-state index in [4.69, 9.17) is 11.0 Å². The van der Waals surface area contributed by atoms with E-state index in [1.165, 1.54) is 12.1 Å². The van der Waals surface area contributed by atoms with Gasteiger partial charge in [0.15, 0.2) is 0 Å². The summed E-state index contributed by atoms with van der Waals surface area (Å²) in [5, 5.41) is 22.8. The highest BCUT2D eigenvalue weighted by Crippen LogP contribution is 2.22. The van der Waals surface area contributed by atoms with E-state index < -0.39 is 4.92 Å². The number of nitrogens with one attached hydrogen (secondary N) is 1. The molecule has 0 aromatic heterocycles. The maximum atomic E-state index is 10.6. The predicted octanol–water partition coefficient (Wildman–Crippen LogP) is 2.40. The fraction of sp³-hybridized carbons (Fsp3) is 0.462. The van der Waals surface area contributed by atoms with E-state index in [9.17, 15) is 10.1 Å². The fourth-order valence-corrected chi connectivity index (χ4v) is 1.66. The summed E-state index contributed by atoms with van der Waals surface area (Å²) >= 11 is 0. The Morgan fingerprint density at radius 3 is 2.58 bits per heavy atom. The first-order chi connectivity index (χ1) is 8.95. The normalized spacial score (nSPS) is 10.8. The van der Waals surface area contributed by atoms with Crippen LogP contribution >= 0.6 is 0 Å². The minimum Gasteiger partial charge on any atom is -0.382 e. The van der Waals surface area contributed by atoms with E-state index in [0.717, 1.165) is 12.8 Å². The fourth-order valence-electron chi connectivity index (χ4n) is 1.66. The molecule has 0 aliphatic rings. The van der Waals surface area contributed by atoms with Crippen LogP contribution in [0, 0.1) is 21.4 Å². The van der Waals surface area contributed by atoms with Gasteiger partial charge < -0.3 is 11.1 Å². The number of nitriles is 1. The predicted molar refractivity (Wildman–Crippen MR) is 73.8 cm³/mol. The van der Waals surface area contributed by atoms with Crippen molar-refractivity contribution < 1.29 is 4.92 Å². The van der Waals surface area contributed by atoms with E-state index >= 15 is 0 Å². The van der Waals surface area contributed by atoms with Crippen molar-refractivity contribution in [1.29, 1.82) is 5.26 Å². The highest BCUT2D eigenvalue weighted by atomic mass is 16.6. The zero-order chi connectivity index (χ0) is 14.5. The van der Waals surface area contributed by atoms with E-state index in [1.807, 2.05) is 19.9 Å². The van der Waals surface area contributed by atoms with Crippen molar-refractivity contribution in [3.63, 3.8) is 0 Å². The van der Waals surface area contributed by atoms with Crippen LogP contribution < -0.4 is 11.1 Å². The zero-order valence-electron chi connectivity index (χ0n) is 11.1. The lowest BCUT2D eigenvalue weighted by atomic mass is 9.94. The molecule has 6 heteroatoms. The highest BCUT2D eigenvalue weighted by molar-refractivity contribution is 5.61. The molecule has 3 N–H and O–H groups in total. The van der Waals surface area contributed by atoms with Crippen molar-refractivity contribution in [1.82, 2.24) is 0 Å². The molecule has 0 bridgehead atoms. The molecule has 0 unspecified atom stereocenters. The molecule has 0 atom stereocenters. The average molecular weight is 262 g/mol. The van der Waals surface area contributed by atoms with Gasteiger partial charge in [-0.1, -0.05) is 13.8 Å². The summed E-state index contributed by atoms with van der Waals surface area (Å²) in [6.07, 6.45) is 1.62. The maximum absolute atomic E-state index is 10.6. The number of nitrogens with zero attached hydrogens (tertiary/aromatic N) is 2. The second kappa shape index (κ2) is 6.16. The van der Waals surface area contributed by atoms with Gasteiger partial charge in [-0.3, -0.25) is 10.1 Å². The van der Waals surface area contributed by atoms with Gasteiger partial charge >= 0.3 is 0 Å². The number of hydrogen-bond acceptors (Lipinski definition) is 5. The average Bonchev–Trinajstić information content (AvgIpc) is 2.44. The number of nitro groups is 1. The Hall–Kier alpha value is -2.13. The molecule has 6 nitrogen and oxygen atoms in total. The van der Waals surface area contributed by atoms with Gasteiger partial charge in [-0.25, -0.2) is 0 Å². The van der Waals surface area contributed by atoms with Gasteiger partial charge in [0.1, 0.15) is 6.07 Å². The Bertz CT molecular complexity index is 504. The van der Waals surface area contributed by atoms with Crippen LogP contribution in [-0.4, -0.2) is 17.0 Å². The molecule has 0 aliphatic heterocycles. The quantitative estimate of drug-likeness (QED) is 0.605. The van der Waals surface area contributed by atoms with Crippen LogP contribution in [0.1, 0.15) is 32.3 Å². The molecular formula is C13H18N4O2. The van der Waals surface area contributed by atoms with E-state index in [0.29, 0.717) is 12.2 Å². The molecule has 0 heterocycles. The van der Waals surface area contributed by atoms with Crippen LogP contribution in [0.4, 0.5) is 11.4 Å². The summed E-state index contributed by atoms with van der Waals surface area (Å²) in [5.41, 5.74) is 6.56. The second-order valence-electron chi connectivity index (χ2n) is 4.52. The van der Waals surface area contributed by atoms with Crippen LogP contribution in [0.5, 0.6) is 0 Å². The third kappa shape index (κ3) is 3.66. The summed E-state index contributed by atoms with van der Waals surface area (Å²) in [7, 11) is 0. The van der Waals surface area contributed by atoms with Crippen LogP contribution in [0.25, 0.3) is 0 Å². The molecule has 0 spiro atoms. The number of nitro benzene ring substituents is 1. The number of hydrogen-bond donors (Lipinski definition) is 2. The molecule has 1 rings (SSSR count). The molecule has 1 aromatic rings. The van der Waals surface area contributed by atoms with Gasteiger partial charge in [0.25, 0.3) is 5.69 Å². The Morgan fingerprint density at radius 1 is 1.47 bits per heavy atom. The van der Waals surface area contributed by atoms with Crippen molar-refractivity contribution in [3.05, 3.63) is 33.9 Å². The molecular weight excluding hydrogens is 244 g/mol. The van der Waals surface area contributed by atoms with Gasteiger partial charge in [0.05, 0.1) is 16.2 Å². The Kier molecular flexibility index (Phi) is 4.84.